The molecule has 4 saturated heterocycles. The zero-order valence-electron chi connectivity index (χ0n) is 41.9. The number of phenolic OH excluding ortho intramolecular Hbond substituents is 1. The highest BCUT2D eigenvalue weighted by molar-refractivity contribution is 6.03. The average molecular weight is 1020 g/mol. The number of hydrogen-bond donors (Lipinski definition) is 4. The number of nitrogens with two attached hydrogens (primary N) is 1. The minimum absolute atomic E-state index is 0.00103. The number of amides is 3. The van der Waals surface area contributed by atoms with E-state index in [1.807, 2.05) is 16.7 Å². The minimum Gasteiger partial charge on any atom is -0.508 e. The lowest BCUT2D eigenvalue weighted by Gasteiger charge is -2.56. The van der Waals surface area contributed by atoms with E-state index in [0.717, 1.165) is 45.3 Å². The van der Waals surface area contributed by atoms with Crippen LogP contribution in [-0.2, 0) is 16.0 Å². The molecule has 3 aromatic carbocycles. The van der Waals surface area contributed by atoms with E-state index in [1.54, 1.807) is 19.1 Å². The highest BCUT2D eigenvalue weighted by atomic mass is 19.1. The van der Waals surface area contributed by atoms with Crippen LogP contribution in [0.25, 0.3) is 32.9 Å². The molecule has 5 N–H and O–H groups in total. The van der Waals surface area contributed by atoms with Gasteiger partial charge in [0.25, 0.3) is 5.91 Å². The fourth-order valence-electron chi connectivity index (χ4n) is 12.8. The van der Waals surface area contributed by atoms with Gasteiger partial charge >= 0.3 is 6.01 Å². The third-order valence-corrected chi connectivity index (χ3v) is 17.0. The lowest BCUT2D eigenvalue weighted by molar-refractivity contribution is -0.134. The van der Waals surface area contributed by atoms with Crippen molar-refractivity contribution in [1.29, 1.82) is 0 Å². The van der Waals surface area contributed by atoms with Crippen molar-refractivity contribution >= 4 is 50.9 Å². The van der Waals surface area contributed by atoms with Gasteiger partial charge < -0.3 is 35.4 Å². The molecule has 6 heterocycles. The third-order valence-electron chi connectivity index (χ3n) is 17.0. The maximum Gasteiger partial charge on any atom is 0.319 e. The molecule has 2 aliphatic carbocycles. The second kappa shape index (κ2) is 18.9. The first-order chi connectivity index (χ1) is 35.3. The van der Waals surface area contributed by atoms with E-state index in [1.165, 1.54) is 30.5 Å². The van der Waals surface area contributed by atoms with Crippen LogP contribution in [0.2, 0.25) is 0 Å². The summed E-state index contributed by atoms with van der Waals surface area (Å²) in [7, 11) is 0. The summed E-state index contributed by atoms with van der Waals surface area (Å²) in [6.07, 6.45) is 7.61. The summed E-state index contributed by atoms with van der Waals surface area (Å²) in [5.41, 5.74) is 3.71. The van der Waals surface area contributed by atoms with Crippen molar-refractivity contribution in [2.24, 2.45) is 16.6 Å². The minimum atomic E-state index is -1.35. The number of hydrogen-bond acceptors (Lipinski definition) is 13. The molecule has 5 aromatic rings. The average Bonchev–Trinajstić information content (AvgIpc) is 4.13. The van der Waals surface area contributed by atoms with E-state index in [-0.39, 0.29) is 69.9 Å². The van der Waals surface area contributed by atoms with Crippen molar-refractivity contribution in [1.82, 2.24) is 30.1 Å². The quantitative estimate of drug-likeness (QED) is 0.0693. The molecule has 19 heteroatoms. The third kappa shape index (κ3) is 9.48. The molecular weight excluding hydrogens is 959 g/mol. The van der Waals surface area contributed by atoms with Crippen LogP contribution >= 0.6 is 0 Å². The van der Waals surface area contributed by atoms with Gasteiger partial charge in [-0.05, 0) is 123 Å². The van der Waals surface area contributed by atoms with Crippen LogP contribution in [0.5, 0.6) is 11.8 Å². The number of aromatic hydroxyl groups is 1. The highest BCUT2D eigenvalue weighted by Crippen LogP contribution is 2.53. The Morgan fingerprint density at radius 1 is 0.892 bits per heavy atom. The number of halogens is 4. The maximum atomic E-state index is 17.2. The number of aliphatic hydroxyl groups is 1. The molecule has 6 fully saturated rings. The fourth-order valence-corrected chi connectivity index (χ4v) is 12.8. The molecule has 2 saturated carbocycles. The Morgan fingerprint density at radius 2 is 1.65 bits per heavy atom. The number of imide groups is 1. The summed E-state index contributed by atoms with van der Waals surface area (Å²) >= 11 is 0. The molecular formula is C55H63F4N9O6. The summed E-state index contributed by atoms with van der Waals surface area (Å²) in [5, 5.41) is 25.5. The molecule has 74 heavy (non-hydrogen) atoms. The highest BCUT2D eigenvalue weighted by Gasteiger charge is 2.54. The summed E-state index contributed by atoms with van der Waals surface area (Å²) in [6, 6.07) is 8.75. The Bertz CT molecular complexity index is 3070. The van der Waals surface area contributed by atoms with Gasteiger partial charge in [0.15, 0.2) is 5.82 Å². The Kier molecular flexibility index (Phi) is 12.8. The van der Waals surface area contributed by atoms with Crippen LogP contribution in [0.4, 0.5) is 29.1 Å². The number of likely N-dealkylation sites (tertiary alicyclic amines) is 1. The number of carbonyl (C=O) groups excluding carboxylic acids is 3. The second-order valence-corrected chi connectivity index (χ2v) is 22.6. The van der Waals surface area contributed by atoms with E-state index in [9.17, 15) is 24.6 Å². The van der Waals surface area contributed by atoms with Gasteiger partial charge in [-0.2, -0.15) is 9.97 Å². The van der Waals surface area contributed by atoms with Gasteiger partial charge in [-0.3, -0.25) is 29.6 Å². The van der Waals surface area contributed by atoms with Crippen molar-refractivity contribution in [2.75, 3.05) is 81.9 Å². The Labute approximate surface area is 426 Å². The summed E-state index contributed by atoms with van der Waals surface area (Å²) in [4.78, 5) is 59.3. The molecule has 0 unspecified atom stereocenters. The van der Waals surface area contributed by atoms with Gasteiger partial charge in [0.1, 0.15) is 40.1 Å². The topological polar surface area (TPSA) is 191 Å². The number of anilines is 2. The Hall–Kier alpha value is -6.18. The smallest absolute Gasteiger partial charge is 0.319 e. The monoisotopic (exact) mass is 1020 g/mol. The van der Waals surface area contributed by atoms with Crippen LogP contribution in [0.15, 0.2) is 42.6 Å². The van der Waals surface area contributed by atoms with Crippen LogP contribution in [0.3, 0.4) is 0 Å². The van der Waals surface area contributed by atoms with E-state index >= 15 is 17.6 Å². The first kappa shape index (κ1) is 50.0. The number of carbonyl (C=O) groups is 3. The van der Waals surface area contributed by atoms with Gasteiger partial charge in [-0.15, -0.1) is 0 Å². The number of primary amides is 1. The number of pyridine rings is 1. The fraction of sp³-hybridized carbons (Fsp3) is 0.527. The number of piperidine rings is 2. The normalized spacial score (nSPS) is 23.8. The number of aromatic nitrogens is 3. The number of nitrogens with one attached hydrogen (secondary N) is 1. The largest absolute Gasteiger partial charge is 0.508 e. The number of phenols is 1. The number of β-amino-alcohol motifs (C(OH)–C–C–N with tert-alkyl or cyclic N) is 1. The molecule has 2 aromatic heterocycles. The number of rotatable bonds is 13. The SMILES string of the molecule is CCc1c(F)ccc2cc(O)cc(-c3ncc4c(N5CCC[C@@](C)(O)C5)nc(OCC5(CN6CC7(CCC(F)(CN8CCN(c9ccc(C(N)=O)c(F)c9[C@@H]9CCC(=O)NC9=O)CC8)CC7)C6)CC5)nc4c3F)c12. The number of alkyl halides is 1. The first-order valence-corrected chi connectivity index (χ1v) is 26.1. The van der Waals surface area contributed by atoms with Crippen LogP contribution in [0, 0.1) is 28.3 Å². The summed E-state index contributed by atoms with van der Waals surface area (Å²) in [6.45, 7) is 9.51. The Balaban J connectivity index is 0.732. The number of fused-ring (bicyclic) bond motifs is 2. The molecule has 0 radical (unpaired) electrons. The van der Waals surface area contributed by atoms with Gasteiger partial charge in [-0.1, -0.05) is 13.0 Å². The van der Waals surface area contributed by atoms with Crippen molar-refractivity contribution in [3.63, 3.8) is 0 Å². The van der Waals surface area contributed by atoms with Crippen molar-refractivity contribution in [2.45, 2.75) is 102 Å². The molecule has 0 bridgehead atoms. The lowest BCUT2D eigenvalue weighted by atomic mass is 9.64. The van der Waals surface area contributed by atoms with E-state index in [0.29, 0.717) is 111 Å². The zero-order valence-corrected chi connectivity index (χ0v) is 41.9. The number of benzene rings is 3. The van der Waals surface area contributed by atoms with E-state index in [4.69, 9.17) is 15.5 Å². The number of aryl methyl sites for hydroxylation is 1. The molecule has 3 amide bonds. The number of nitrogens with zero attached hydrogens (tertiary/aromatic N) is 7. The van der Waals surface area contributed by atoms with Crippen molar-refractivity contribution < 1.29 is 46.9 Å². The van der Waals surface area contributed by atoms with E-state index in [2.05, 4.69) is 25.1 Å². The van der Waals surface area contributed by atoms with Crippen LogP contribution < -0.4 is 25.6 Å². The zero-order chi connectivity index (χ0) is 51.9. The molecule has 1 spiro atoms. The molecule has 4 aliphatic heterocycles. The van der Waals surface area contributed by atoms with Gasteiger partial charge in [0.2, 0.25) is 11.8 Å². The van der Waals surface area contributed by atoms with Gasteiger partial charge in [-0.25, -0.2) is 17.6 Å². The lowest BCUT2D eigenvalue weighted by Crippen LogP contribution is -2.61. The standard InChI is InChI=1S/C55H63F4N9O6/c1-3-34-39(56)8-5-32-23-33(69)24-37(42(32)34)46-45(58)47-38(25-61-46)49(68-18-4-11-52(2,73)26-68)64-51(63-47)74-31-54(12-13-54)29-66-27-53(28-66)14-16-55(59,17-15-53)30-65-19-21-67(22-20-65)40-9-6-36(48(60)71)44(57)43(40)35-7-10-41(70)62-50(35)72/h5-6,8-9,23-25,35,69,73H,3-4,7,10-22,26-31H2,1-2H3,(H2,60,71)(H,62,70,72)/t35-,52+/m0/s1. The Morgan fingerprint density at radius 3 is 2.34 bits per heavy atom. The molecule has 15 nitrogen and oxygen atoms in total. The number of ether oxygens (including phenoxy) is 1. The summed E-state index contributed by atoms with van der Waals surface area (Å²) < 4.78 is 71.3. The predicted molar refractivity (Wildman–Crippen MR) is 270 cm³/mol. The molecule has 2 atom stereocenters. The number of piperazine rings is 1. The van der Waals surface area contributed by atoms with Gasteiger partial charge in [0, 0.05) is 100 Å². The molecule has 6 aliphatic rings. The second-order valence-electron chi connectivity index (χ2n) is 22.6. The van der Waals surface area contributed by atoms with Crippen molar-refractivity contribution in [3.05, 3.63) is 76.7 Å². The first-order valence-electron chi connectivity index (χ1n) is 26.1. The van der Waals surface area contributed by atoms with Crippen LogP contribution in [-0.4, -0.2) is 136 Å². The van der Waals surface area contributed by atoms with Crippen molar-refractivity contribution in [3.8, 4) is 23.0 Å². The van der Waals surface area contributed by atoms with Gasteiger partial charge in [0.05, 0.1) is 29.1 Å². The molecule has 11 rings (SSSR count). The maximum absolute atomic E-state index is 17.2. The molecule has 392 valence electrons. The van der Waals surface area contributed by atoms with E-state index < -0.39 is 52.4 Å². The van der Waals surface area contributed by atoms with Crippen LogP contribution in [0.1, 0.15) is 105 Å². The predicted octanol–water partition coefficient (Wildman–Crippen LogP) is 7.07. The summed E-state index contributed by atoms with van der Waals surface area (Å²) in [5.74, 6) is -4.71.